The van der Waals surface area contributed by atoms with E-state index in [2.05, 4.69) is 11.6 Å². The fraction of sp³-hybridized carbons (Fsp3) is 0.0833. The lowest BCUT2D eigenvalue weighted by molar-refractivity contribution is 0.415. The van der Waals surface area contributed by atoms with Crippen LogP contribution in [0.3, 0.4) is 0 Å². The molecule has 1 aromatic heterocycles. The van der Waals surface area contributed by atoms with Crippen molar-refractivity contribution in [2.24, 2.45) is 0 Å². The van der Waals surface area contributed by atoms with Gasteiger partial charge in [-0.2, -0.15) is 0 Å². The molecule has 76 valence electrons. The number of fused-ring (bicyclic) bond motifs is 1. The number of pyridine rings is 1. The molecule has 0 fully saturated rings. The molecule has 0 unspecified atom stereocenters. The number of nitrogen functional groups attached to an aromatic ring is 1. The summed E-state index contributed by atoms with van der Waals surface area (Å²) in [5.41, 5.74) is 8.10. The first-order valence-corrected chi connectivity index (χ1v) is 4.61. The fourth-order valence-electron chi connectivity index (χ4n) is 1.48. The zero-order valence-corrected chi connectivity index (χ0v) is 8.53. The molecular weight excluding hydrogens is 188 g/mol. The molecule has 0 saturated carbocycles. The number of anilines is 1. The third kappa shape index (κ3) is 1.64. The highest BCUT2D eigenvalue weighted by molar-refractivity contribution is 5.91. The van der Waals surface area contributed by atoms with Gasteiger partial charge in [0.15, 0.2) is 0 Å². The monoisotopic (exact) mass is 200 g/mol. The Labute approximate surface area is 88.2 Å². The zero-order chi connectivity index (χ0) is 10.8. The van der Waals surface area contributed by atoms with Crippen molar-refractivity contribution in [1.82, 2.24) is 4.98 Å². The third-order valence-electron chi connectivity index (χ3n) is 2.26. The van der Waals surface area contributed by atoms with Crippen molar-refractivity contribution in [2.75, 3.05) is 12.8 Å². The van der Waals surface area contributed by atoms with E-state index < -0.39 is 0 Å². The predicted octanol–water partition coefficient (Wildman–Crippen LogP) is 2.47. The molecular formula is C12H12N2O. The number of nitrogens with zero attached hydrogens (tertiary/aromatic N) is 1. The Morgan fingerprint density at radius 1 is 1.40 bits per heavy atom. The summed E-state index contributed by atoms with van der Waals surface area (Å²) < 4.78 is 5.13. The maximum absolute atomic E-state index is 5.88. The number of hydrogen-bond donors (Lipinski definition) is 1. The molecule has 3 nitrogen and oxygen atoms in total. The molecule has 0 aliphatic rings. The van der Waals surface area contributed by atoms with E-state index in [9.17, 15) is 0 Å². The summed E-state index contributed by atoms with van der Waals surface area (Å²) in [6.07, 6.45) is 1.70. The van der Waals surface area contributed by atoms with Gasteiger partial charge in [0.2, 0.25) is 0 Å². The van der Waals surface area contributed by atoms with Gasteiger partial charge in [-0.15, -0.1) is 0 Å². The zero-order valence-electron chi connectivity index (χ0n) is 8.53. The van der Waals surface area contributed by atoms with Crippen molar-refractivity contribution in [3.63, 3.8) is 0 Å². The summed E-state index contributed by atoms with van der Waals surface area (Å²) in [4.78, 5) is 4.37. The molecule has 2 rings (SSSR count). The lowest BCUT2D eigenvalue weighted by Crippen LogP contribution is -1.93. The number of aromatic nitrogens is 1. The van der Waals surface area contributed by atoms with Crippen molar-refractivity contribution >= 4 is 22.7 Å². The molecule has 1 aromatic carbocycles. The SMILES string of the molecule is C=Cc1ccc2cc(OC)cc(N)c2n1. The van der Waals surface area contributed by atoms with Crippen LogP contribution >= 0.6 is 0 Å². The summed E-state index contributed by atoms with van der Waals surface area (Å²) >= 11 is 0. The normalized spacial score (nSPS) is 10.2. The van der Waals surface area contributed by atoms with Gasteiger partial charge in [0.05, 0.1) is 24.0 Å². The number of benzene rings is 1. The van der Waals surface area contributed by atoms with Crippen LogP contribution < -0.4 is 10.5 Å². The predicted molar refractivity (Wildman–Crippen MR) is 62.8 cm³/mol. The fourth-order valence-corrected chi connectivity index (χ4v) is 1.48. The summed E-state index contributed by atoms with van der Waals surface area (Å²) in [6.45, 7) is 3.67. The first kappa shape index (κ1) is 9.52. The van der Waals surface area contributed by atoms with Gasteiger partial charge >= 0.3 is 0 Å². The molecule has 1 heterocycles. The van der Waals surface area contributed by atoms with Gasteiger partial charge in [0, 0.05) is 11.5 Å². The van der Waals surface area contributed by atoms with Crippen LogP contribution in [0.15, 0.2) is 30.8 Å². The second-order valence-corrected chi connectivity index (χ2v) is 3.23. The summed E-state index contributed by atoms with van der Waals surface area (Å²) in [5.74, 6) is 0.744. The second-order valence-electron chi connectivity index (χ2n) is 3.23. The molecule has 2 N–H and O–H groups in total. The van der Waals surface area contributed by atoms with Crippen molar-refractivity contribution in [2.45, 2.75) is 0 Å². The first-order valence-electron chi connectivity index (χ1n) is 4.61. The molecule has 0 radical (unpaired) electrons. The van der Waals surface area contributed by atoms with E-state index in [1.165, 1.54) is 0 Å². The Morgan fingerprint density at radius 3 is 2.87 bits per heavy atom. The lowest BCUT2D eigenvalue weighted by Gasteiger charge is -2.06. The Morgan fingerprint density at radius 2 is 2.20 bits per heavy atom. The summed E-state index contributed by atoms with van der Waals surface area (Å²) in [5, 5.41) is 0.970. The topological polar surface area (TPSA) is 48.1 Å². The number of nitrogens with two attached hydrogens (primary N) is 1. The van der Waals surface area contributed by atoms with Gasteiger partial charge in [-0.25, -0.2) is 4.98 Å². The third-order valence-corrected chi connectivity index (χ3v) is 2.26. The molecule has 0 aliphatic carbocycles. The van der Waals surface area contributed by atoms with Crippen molar-refractivity contribution in [1.29, 1.82) is 0 Å². The van der Waals surface area contributed by atoms with E-state index in [0.29, 0.717) is 5.69 Å². The van der Waals surface area contributed by atoms with E-state index in [-0.39, 0.29) is 0 Å². The molecule has 0 spiro atoms. The van der Waals surface area contributed by atoms with Crippen molar-refractivity contribution in [3.05, 3.63) is 36.5 Å². The highest BCUT2D eigenvalue weighted by atomic mass is 16.5. The number of rotatable bonds is 2. The van der Waals surface area contributed by atoms with E-state index >= 15 is 0 Å². The lowest BCUT2D eigenvalue weighted by atomic mass is 10.1. The van der Waals surface area contributed by atoms with Crippen molar-refractivity contribution < 1.29 is 4.74 Å². The average molecular weight is 200 g/mol. The van der Waals surface area contributed by atoms with Gasteiger partial charge in [0.25, 0.3) is 0 Å². The van der Waals surface area contributed by atoms with Gasteiger partial charge < -0.3 is 10.5 Å². The van der Waals surface area contributed by atoms with Crippen LogP contribution in [0, 0.1) is 0 Å². The van der Waals surface area contributed by atoms with Crippen LogP contribution in [-0.2, 0) is 0 Å². The van der Waals surface area contributed by atoms with E-state index in [1.54, 1.807) is 19.3 Å². The molecule has 0 saturated heterocycles. The highest BCUT2D eigenvalue weighted by Crippen LogP contribution is 2.26. The molecule has 15 heavy (non-hydrogen) atoms. The van der Waals surface area contributed by atoms with E-state index in [4.69, 9.17) is 10.5 Å². The van der Waals surface area contributed by atoms with Crippen LogP contribution in [0.4, 0.5) is 5.69 Å². The minimum absolute atomic E-state index is 0.619. The number of methoxy groups -OCH3 is 1. The van der Waals surface area contributed by atoms with Crippen molar-refractivity contribution in [3.8, 4) is 5.75 Å². The van der Waals surface area contributed by atoms with Gasteiger partial charge in [0.1, 0.15) is 5.75 Å². The van der Waals surface area contributed by atoms with E-state index in [0.717, 1.165) is 22.3 Å². The second kappa shape index (κ2) is 3.61. The van der Waals surface area contributed by atoms with E-state index in [1.807, 2.05) is 18.2 Å². The van der Waals surface area contributed by atoms with Crippen LogP contribution in [0.25, 0.3) is 17.0 Å². The maximum atomic E-state index is 5.88. The highest BCUT2D eigenvalue weighted by Gasteiger charge is 2.03. The molecule has 0 amide bonds. The molecule has 2 aromatic rings. The minimum Gasteiger partial charge on any atom is -0.497 e. The van der Waals surface area contributed by atoms with Crippen LogP contribution in [0.2, 0.25) is 0 Å². The molecule has 3 heteroatoms. The standard InChI is InChI=1S/C12H12N2O/c1-3-9-5-4-8-6-10(15-2)7-11(13)12(8)14-9/h3-7H,1,13H2,2H3. The molecule has 0 bridgehead atoms. The summed E-state index contributed by atoms with van der Waals surface area (Å²) in [7, 11) is 1.62. The number of ether oxygens (including phenoxy) is 1. The van der Waals surface area contributed by atoms with Gasteiger partial charge in [-0.1, -0.05) is 12.6 Å². The van der Waals surface area contributed by atoms with Crippen LogP contribution in [0.5, 0.6) is 5.75 Å². The quantitative estimate of drug-likeness (QED) is 0.757. The average Bonchev–Trinajstić information content (AvgIpc) is 2.28. The Kier molecular flexibility index (Phi) is 2.29. The van der Waals surface area contributed by atoms with Gasteiger partial charge in [-0.3, -0.25) is 0 Å². The Hall–Kier alpha value is -2.03. The van der Waals surface area contributed by atoms with Crippen LogP contribution in [0.1, 0.15) is 5.69 Å². The molecule has 0 aliphatic heterocycles. The van der Waals surface area contributed by atoms with Crippen LogP contribution in [-0.4, -0.2) is 12.1 Å². The smallest absolute Gasteiger partial charge is 0.121 e. The first-order chi connectivity index (χ1) is 7.24. The Balaban J connectivity index is 2.73. The number of hydrogen-bond acceptors (Lipinski definition) is 3. The largest absolute Gasteiger partial charge is 0.497 e. The summed E-state index contributed by atoms with van der Waals surface area (Å²) in [6, 6.07) is 7.53. The Bertz CT molecular complexity index is 520. The molecule has 0 atom stereocenters. The van der Waals surface area contributed by atoms with Gasteiger partial charge in [-0.05, 0) is 18.2 Å². The maximum Gasteiger partial charge on any atom is 0.121 e. The minimum atomic E-state index is 0.619.